The number of benzene rings is 2. The zero-order valence-electron chi connectivity index (χ0n) is 17.1. The van der Waals surface area contributed by atoms with Crippen LogP contribution in [0.3, 0.4) is 0 Å². The third-order valence-corrected chi connectivity index (χ3v) is 6.64. The molecule has 170 valence electrons. The summed E-state index contributed by atoms with van der Waals surface area (Å²) in [5, 5.41) is 13.3. The molecule has 0 atom stereocenters. The van der Waals surface area contributed by atoms with Gasteiger partial charge in [0.1, 0.15) is 0 Å². The first-order chi connectivity index (χ1) is 15.2. The van der Waals surface area contributed by atoms with E-state index in [0.717, 1.165) is 0 Å². The van der Waals surface area contributed by atoms with Crippen molar-refractivity contribution < 1.29 is 32.4 Å². The molecule has 0 saturated carbocycles. The Kier molecular flexibility index (Phi) is 7.18. The van der Waals surface area contributed by atoms with Gasteiger partial charge in [-0.15, -0.1) is 0 Å². The summed E-state index contributed by atoms with van der Waals surface area (Å²) in [5.41, 5.74) is 0.821. The van der Waals surface area contributed by atoms with Gasteiger partial charge >= 0.3 is 5.97 Å². The Morgan fingerprint density at radius 3 is 2.41 bits per heavy atom. The fourth-order valence-corrected chi connectivity index (χ4v) is 4.41. The van der Waals surface area contributed by atoms with Crippen molar-refractivity contribution >= 4 is 33.3 Å². The number of hydrogen-bond donors (Lipinski definition) is 1. The molecule has 2 aromatic carbocycles. The van der Waals surface area contributed by atoms with Gasteiger partial charge in [0.05, 0.1) is 28.6 Å². The maximum absolute atomic E-state index is 12.6. The van der Waals surface area contributed by atoms with Crippen molar-refractivity contribution in [1.82, 2.24) is 4.31 Å². The van der Waals surface area contributed by atoms with E-state index < -0.39 is 33.4 Å². The molecule has 0 aromatic heterocycles. The molecule has 1 aliphatic heterocycles. The van der Waals surface area contributed by atoms with Gasteiger partial charge in [0.25, 0.3) is 11.6 Å². The highest BCUT2D eigenvalue weighted by molar-refractivity contribution is 7.89. The van der Waals surface area contributed by atoms with Crippen LogP contribution in [0, 0.1) is 17.0 Å². The Hall–Kier alpha value is -3.35. The number of morpholine rings is 1. The second-order valence-electron chi connectivity index (χ2n) is 6.92. The number of sulfonamides is 1. The molecule has 0 spiro atoms. The van der Waals surface area contributed by atoms with Gasteiger partial charge in [0.15, 0.2) is 6.61 Å². The Labute approximate surface area is 184 Å². The van der Waals surface area contributed by atoms with Crippen LogP contribution in [0.15, 0.2) is 47.4 Å². The van der Waals surface area contributed by atoms with E-state index in [0.29, 0.717) is 24.5 Å². The van der Waals surface area contributed by atoms with Crippen LogP contribution in [0.2, 0.25) is 0 Å². The molecule has 1 amide bonds. The van der Waals surface area contributed by atoms with Gasteiger partial charge in [-0.1, -0.05) is 0 Å². The van der Waals surface area contributed by atoms with Crippen molar-refractivity contribution in [2.75, 3.05) is 38.2 Å². The summed E-state index contributed by atoms with van der Waals surface area (Å²) in [6.07, 6.45) is 0. The lowest BCUT2D eigenvalue weighted by atomic mass is 10.2. The van der Waals surface area contributed by atoms with Crippen molar-refractivity contribution in [1.29, 1.82) is 0 Å². The fraction of sp³-hybridized carbons (Fsp3) is 0.300. The number of nitrogens with zero attached hydrogens (tertiary/aromatic N) is 2. The number of aryl methyl sites for hydroxylation is 1. The van der Waals surface area contributed by atoms with Crippen LogP contribution in [0.5, 0.6) is 0 Å². The molecule has 1 fully saturated rings. The van der Waals surface area contributed by atoms with Gasteiger partial charge < -0.3 is 14.8 Å². The lowest BCUT2D eigenvalue weighted by Crippen LogP contribution is -2.40. The van der Waals surface area contributed by atoms with Crippen LogP contribution in [0.4, 0.5) is 11.4 Å². The molecule has 1 aliphatic rings. The maximum Gasteiger partial charge on any atom is 0.338 e. The van der Waals surface area contributed by atoms with Crippen LogP contribution < -0.4 is 5.32 Å². The van der Waals surface area contributed by atoms with Crippen LogP contribution in [-0.4, -0.2) is 62.4 Å². The normalized spacial score (nSPS) is 14.5. The third kappa shape index (κ3) is 5.46. The molecule has 1 saturated heterocycles. The summed E-state index contributed by atoms with van der Waals surface area (Å²) in [6.45, 7) is 2.19. The van der Waals surface area contributed by atoms with Crippen LogP contribution >= 0.6 is 0 Å². The first-order valence-electron chi connectivity index (χ1n) is 9.58. The molecule has 11 nitrogen and oxygen atoms in total. The van der Waals surface area contributed by atoms with E-state index in [-0.39, 0.29) is 29.2 Å². The van der Waals surface area contributed by atoms with E-state index in [4.69, 9.17) is 9.47 Å². The summed E-state index contributed by atoms with van der Waals surface area (Å²) in [6, 6.07) is 9.20. The summed E-state index contributed by atoms with van der Waals surface area (Å²) >= 11 is 0. The smallest absolute Gasteiger partial charge is 0.338 e. The van der Waals surface area contributed by atoms with Crippen molar-refractivity contribution in [3.63, 3.8) is 0 Å². The molecule has 32 heavy (non-hydrogen) atoms. The Morgan fingerprint density at radius 1 is 1.16 bits per heavy atom. The van der Waals surface area contributed by atoms with Gasteiger partial charge in [-0.05, 0) is 42.8 Å². The Balaban J connectivity index is 1.57. The fourth-order valence-electron chi connectivity index (χ4n) is 3.00. The Bertz CT molecular complexity index is 1130. The lowest BCUT2D eigenvalue weighted by molar-refractivity contribution is -0.384. The molecule has 0 unspecified atom stereocenters. The van der Waals surface area contributed by atoms with Crippen molar-refractivity contribution in [2.45, 2.75) is 11.8 Å². The highest BCUT2D eigenvalue weighted by atomic mass is 32.2. The zero-order chi connectivity index (χ0) is 23.3. The van der Waals surface area contributed by atoms with E-state index >= 15 is 0 Å². The van der Waals surface area contributed by atoms with Gasteiger partial charge in [-0.3, -0.25) is 14.9 Å². The second-order valence-corrected chi connectivity index (χ2v) is 8.86. The maximum atomic E-state index is 12.6. The van der Waals surface area contributed by atoms with Crippen molar-refractivity contribution in [2.24, 2.45) is 0 Å². The van der Waals surface area contributed by atoms with E-state index in [2.05, 4.69) is 5.32 Å². The highest BCUT2D eigenvalue weighted by Crippen LogP contribution is 2.21. The predicted octanol–water partition coefficient (Wildman–Crippen LogP) is 1.72. The van der Waals surface area contributed by atoms with E-state index in [1.54, 1.807) is 6.92 Å². The highest BCUT2D eigenvalue weighted by Gasteiger charge is 2.26. The largest absolute Gasteiger partial charge is 0.452 e. The average molecular weight is 463 g/mol. The van der Waals surface area contributed by atoms with E-state index in [1.165, 1.54) is 46.8 Å². The topological polar surface area (TPSA) is 145 Å². The summed E-state index contributed by atoms with van der Waals surface area (Å²) < 4.78 is 36.7. The molecular weight excluding hydrogens is 442 g/mol. The quantitative estimate of drug-likeness (QED) is 0.371. The molecule has 0 bridgehead atoms. The minimum Gasteiger partial charge on any atom is -0.452 e. The number of nitrogens with one attached hydrogen (secondary N) is 1. The number of carbonyl (C=O) groups is 2. The molecule has 12 heteroatoms. The molecule has 1 N–H and O–H groups in total. The van der Waals surface area contributed by atoms with Gasteiger partial charge in [-0.25, -0.2) is 13.2 Å². The molecule has 3 rings (SSSR count). The molecule has 0 radical (unpaired) electrons. The number of nitro groups is 1. The number of esters is 1. The zero-order valence-corrected chi connectivity index (χ0v) is 18.0. The van der Waals surface area contributed by atoms with Gasteiger partial charge in [0.2, 0.25) is 10.0 Å². The van der Waals surface area contributed by atoms with Crippen molar-refractivity contribution in [3.05, 3.63) is 63.7 Å². The van der Waals surface area contributed by atoms with Gasteiger partial charge in [-0.2, -0.15) is 4.31 Å². The molecule has 1 heterocycles. The van der Waals surface area contributed by atoms with E-state index in [1.807, 2.05) is 0 Å². The monoisotopic (exact) mass is 463 g/mol. The minimum atomic E-state index is -3.68. The molecular formula is C20H21N3O8S. The summed E-state index contributed by atoms with van der Waals surface area (Å²) in [7, 11) is -3.68. The number of anilines is 1. The minimum absolute atomic E-state index is 0.0438. The predicted molar refractivity (Wildman–Crippen MR) is 113 cm³/mol. The summed E-state index contributed by atoms with van der Waals surface area (Å²) in [4.78, 5) is 34.5. The average Bonchev–Trinajstić information content (AvgIpc) is 2.79. The van der Waals surface area contributed by atoms with Crippen LogP contribution in [-0.2, 0) is 24.3 Å². The Morgan fingerprint density at radius 2 is 1.81 bits per heavy atom. The van der Waals surface area contributed by atoms with Crippen LogP contribution in [0.1, 0.15) is 15.9 Å². The third-order valence-electron chi connectivity index (χ3n) is 4.73. The standard InChI is InChI=1S/C20H21N3O8S/c1-14-12-16(23(26)27)4-7-18(14)21-19(24)13-31-20(25)15-2-5-17(6-3-15)32(28,29)22-8-10-30-11-9-22/h2-7,12H,8-11,13H2,1H3,(H,21,24). The lowest BCUT2D eigenvalue weighted by Gasteiger charge is -2.26. The molecule has 0 aliphatic carbocycles. The first kappa shape index (κ1) is 23.3. The number of carbonyl (C=O) groups excluding carboxylic acids is 2. The SMILES string of the molecule is Cc1cc([N+](=O)[O-])ccc1NC(=O)COC(=O)c1ccc(S(=O)(=O)N2CCOCC2)cc1. The van der Waals surface area contributed by atoms with Crippen LogP contribution in [0.25, 0.3) is 0 Å². The number of non-ortho nitro benzene ring substituents is 1. The number of rotatable bonds is 7. The number of ether oxygens (including phenoxy) is 2. The number of amides is 1. The first-order valence-corrected chi connectivity index (χ1v) is 11.0. The number of nitro benzene ring substituents is 1. The van der Waals surface area contributed by atoms with Crippen molar-refractivity contribution in [3.8, 4) is 0 Å². The number of hydrogen-bond acceptors (Lipinski definition) is 8. The summed E-state index contributed by atoms with van der Waals surface area (Å²) in [5.74, 6) is -1.42. The second kappa shape index (κ2) is 9.85. The van der Waals surface area contributed by atoms with Gasteiger partial charge in [0, 0.05) is 30.9 Å². The van der Waals surface area contributed by atoms with E-state index in [9.17, 15) is 28.1 Å². The molecule has 2 aromatic rings.